The standard InChI is InChI=1S/C18H18N2O3S2/c1-24-14-7-2-8-15-16(14)19-18(25-15)20(11-12-5-3-9-22-12)17(21)13-6-4-10-23-13/h2,4,6-8,10,12H,3,5,9,11H2,1H3/t12-/m0/s1. The molecule has 0 unspecified atom stereocenters. The number of rotatable bonds is 5. The number of nitrogens with zero attached hydrogens (tertiary/aromatic N) is 2. The maximum Gasteiger partial charge on any atom is 0.295 e. The molecule has 0 spiro atoms. The van der Waals surface area contributed by atoms with Crippen LogP contribution in [-0.2, 0) is 4.74 Å². The first-order valence-electron chi connectivity index (χ1n) is 8.17. The molecule has 0 radical (unpaired) electrons. The molecular weight excluding hydrogens is 356 g/mol. The molecule has 0 saturated carbocycles. The highest BCUT2D eigenvalue weighted by Crippen LogP contribution is 2.35. The topological polar surface area (TPSA) is 55.6 Å². The van der Waals surface area contributed by atoms with Gasteiger partial charge in [-0.3, -0.25) is 9.69 Å². The lowest BCUT2D eigenvalue weighted by atomic mass is 10.2. The van der Waals surface area contributed by atoms with Crippen LogP contribution in [0.4, 0.5) is 5.13 Å². The minimum absolute atomic E-state index is 0.0472. The van der Waals surface area contributed by atoms with Gasteiger partial charge in [0.05, 0.1) is 29.1 Å². The van der Waals surface area contributed by atoms with Gasteiger partial charge in [0, 0.05) is 11.5 Å². The van der Waals surface area contributed by atoms with Crippen LogP contribution in [0.5, 0.6) is 0 Å². The summed E-state index contributed by atoms with van der Waals surface area (Å²) in [5.41, 5.74) is 0.944. The molecule has 3 heterocycles. The largest absolute Gasteiger partial charge is 0.459 e. The Labute approximate surface area is 154 Å². The second-order valence-electron chi connectivity index (χ2n) is 5.83. The van der Waals surface area contributed by atoms with Crippen molar-refractivity contribution in [3.05, 3.63) is 42.4 Å². The van der Waals surface area contributed by atoms with Crippen molar-refractivity contribution in [2.75, 3.05) is 24.3 Å². The number of thiazole rings is 1. The first kappa shape index (κ1) is 16.6. The first-order valence-corrected chi connectivity index (χ1v) is 10.2. The molecule has 2 aromatic heterocycles. The van der Waals surface area contributed by atoms with Gasteiger partial charge in [-0.2, -0.15) is 0 Å². The molecule has 1 amide bonds. The average molecular weight is 374 g/mol. The average Bonchev–Trinajstić information content (AvgIpc) is 3.39. The molecule has 1 aliphatic rings. The fourth-order valence-corrected chi connectivity index (χ4v) is 4.59. The van der Waals surface area contributed by atoms with Crippen LogP contribution in [-0.4, -0.2) is 36.4 Å². The molecule has 1 aliphatic heterocycles. The molecule has 130 valence electrons. The highest BCUT2D eigenvalue weighted by atomic mass is 32.2. The lowest BCUT2D eigenvalue weighted by Gasteiger charge is -2.22. The van der Waals surface area contributed by atoms with Crippen molar-refractivity contribution >= 4 is 44.4 Å². The third kappa shape index (κ3) is 3.31. The van der Waals surface area contributed by atoms with E-state index in [0.29, 0.717) is 17.4 Å². The zero-order valence-electron chi connectivity index (χ0n) is 13.8. The van der Waals surface area contributed by atoms with E-state index in [1.165, 1.54) is 17.6 Å². The Morgan fingerprint density at radius 2 is 2.32 bits per heavy atom. The number of aromatic nitrogens is 1. The van der Waals surface area contributed by atoms with Gasteiger partial charge in [-0.25, -0.2) is 4.98 Å². The van der Waals surface area contributed by atoms with Gasteiger partial charge >= 0.3 is 0 Å². The summed E-state index contributed by atoms with van der Waals surface area (Å²) in [5.74, 6) is 0.146. The maximum absolute atomic E-state index is 13.0. The SMILES string of the molecule is CSc1cccc2sc(N(C[C@@H]3CCCO3)C(=O)c3ccco3)nc12. The summed E-state index contributed by atoms with van der Waals surface area (Å²) in [5, 5.41) is 0.688. The van der Waals surface area contributed by atoms with Crippen molar-refractivity contribution in [1.82, 2.24) is 4.98 Å². The predicted octanol–water partition coefficient (Wildman–Crippen LogP) is 4.44. The van der Waals surface area contributed by atoms with Gasteiger partial charge in [0.1, 0.15) is 0 Å². The molecule has 1 aromatic carbocycles. The van der Waals surface area contributed by atoms with Crippen molar-refractivity contribution < 1.29 is 13.9 Å². The molecule has 1 atom stereocenters. The fourth-order valence-electron chi connectivity index (χ4n) is 2.96. The number of benzene rings is 1. The van der Waals surface area contributed by atoms with E-state index in [9.17, 15) is 4.79 Å². The van der Waals surface area contributed by atoms with E-state index in [-0.39, 0.29) is 12.0 Å². The molecule has 3 aromatic rings. The third-order valence-electron chi connectivity index (χ3n) is 4.21. The van der Waals surface area contributed by atoms with Gasteiger partial charge in [-0.05, 0) is 43.4 Å². The first-order chi connectivity index (χ1) is 12.3. The van der Waals surface area contributed by atoms with Gasteiger partial charge in [-0.15, -0.1) is 11.8 Å². The Hall–Kier alpha value is -1.83. The van der Waals surface area contributed by atoms with Gasteiger partial charge in [0.15, 0.2) is 10.9 Å². The Kier molecular flexibility index (Phi) is 4.78. The summed E-state index contributed by atoms with van der Waals surface area (Å²) >= 11 is 3.19. The zero-order chi connectivity index (χ0) is 17.2. The van der Waals surface area contributed by atoms with E-state index in [1.54, 1.807) is 28.8 Å². The van der Waals surface area contributed by atoms with Gasteiger partial charge in [-0.1, -0.05) is 17.4 Å². The van der Waals surface area contributed by atoms with Crippen molar-refractivity contribution in [2.45, 2.75) is 23.8 Å². The summed E-state index contributed by atoms with van der Waals surface area (Å²) in [6, 6.07) is 9.52. The smallest absolute Gasteiger partial charge is 0.295 e. The highest BCUT2D eigenvalue weighted by molar-refractivity contribution is 7.98. The lowest BCUT2D eigenvalue weighted by molar-refractivity contribution is 0.0895. The molecular formula is C18H18N2O3S2. The van der Waals surface area contributed by atoms with E-state index in [2.05, 4.69) is 6.07 Å². The highest BCUT2D eigenvalue weighted by Gasteiger charge is 2.28. The van der Waals surface area contributed by atoms with Crippen molar-refractivity contribution in [3.8, 4) is 0 Å². The second kappa shape index (κ2) is 7.19. The van der Waals surface area contributed by atoms with Gasteiger partial charge in [0.2, 0.25) is 0 Å². The van der Waals surface area contributed by atoms with Crippen LogP contribution in [0.2, 0.25) is 0 Å². The van der Waals surface area contributed by atoms with E-state index < -0.39 is 0 Å². The number of carbonyl (C=O) groups is 1. The van der Waals surface area contributed by atoms with E-state index >= 15 is 0 Å². The molecule has 25 heavy (non-hydrogen) atoms. The number of hydrogen-bond donors (Lipinski definition) is 0. The molecule has 0 N–H and O–H groups in total. The van der Waals surface area contributed by atoms with Crippen LogP contribution >= 0.6 is 23.1 Å². The minimum Gasteiger partial charge on any atom is -0.459 e. The Morgan fingerprint density at radius 1 is 1.40 bits per heavy atom. The number of hydrogen-bond acceptors (Lipinski definition) is 6. The van der Waals surface area contributed by atoms with Crippen molar-refractivity contribution in [2.24, 2.45) is 0 Å². The Morgan fingerprint density at radius 3 is 3.04 bits per heavy atom. The predicted molar refractivity (Wildman–Crippen MR) is 101 cm³/mol. The number of anilines is 1. The van der Waals surface area contributed by atoms with Crippen molar-refractivity contribution in [3.63, 3.8) is 0 Å². The summed E-state index contributed by atoms with van der Waals surface area (Å²) < 4.78 is 12.1. The number of carbonyl (C=O) groups excluding carboxylic acids is 1. The summed E-state index contributed by atoms with van der Waals surface area (Å²) in [7, 11) is 0. The minimum atomic E-state index is -0.176. The van der Waals surface area contributed by atoms with Crippen LogP contribution in [0.15, 0.2) is 45.9 Å². The number of fused-ring (bicyclic) bond motifs is 1. The number of thioether (sulfide) groups is 1. The Balaban J connectivity index is 1.72. The normalized spacial score (nSPS) is 17.2. The van der Waals surface area contributed by atoms with E-state index in [4.69, 9.17) is 14.1 Å². The van der Waals surface area contributed by atoms with Crippen LogP contribution in [0.3, 0.4) is 0 Å². The van der Waals surface area contributed by atoms with Gasteiger partial charge in [0.25, 0.3) is 5.91 Å². The zero-order valence-corrected chi connectivity index (χ0v) is 15.4. The Bertz CT molecular complexity index is 870. The third-order valence-corrected chi connectivity index (χ3v) is 6.02. The van der Waals surface area contributed by atoms with Crippen LogP contribution < -0.4 is 4.90 Å². The van der Waals surface area contributed by atoms with Gasteiger partial charge < -0.3 is 9.15 Å². The fraction of sp³-hybridized carbons (Fsp3) is 0.333. The maximum atomic E-state index is 13.0. The number of ether oxygens (including phenoxy) is 1. The van der Waals surface area contributed by atoms with Crippen LogP contribution in [0, 0.1) is 0 Å². The quantitative estimate of drug-likeness (QED) is 0.618. The summed E-state index contributed by atoms with van der Waals surface area (Å²) in [6.07, 6.45) is 5.59. The molecule has 7 heteroatoms. The molecule has 0 aliphatic carbocycles. The van der Waals surface area contributed by atoms with E-state index in [1.807, 2.05) is 18.4 Å². The molecule has 4 rings (SSSR count). The van der Waals surface area contributed by atoms with Crippen LogP contribution in [0.25, 0.3) is 10.2 Å². The van der Waals surface area contributed by atoms with E-state index in [0.717, 1.165) is 34.6 Å². The molecule has 0 bridgehead atoms. The lowest BCUT2D eigenvalue weighted by Crippen LogP contribution is -2.37. The summed E-state index contributed by atoms with van der Waals surface area (Å²) in [6.45, 7) is 1.25. The molecule has 5 nitrogen and oxygen atoms in total. The molecule has 1 fully saturated rings. The number of furan rings is 1. The molecule has 1 saturated heterocycles. The van der Waals surface area contributed by atoms with Crippen LogP contribution in [0.1, 0.15) is 23.4 Å². The van der Waals surface area contributed by atoms with Crippen molar-refractivity contribution in [1.29, 1.82) is 0 Å². The monoisotopic (exact) mass is 374 g/mol. The number of para-hydroxylation sites is 1. The summed E-state index contributed by atoms with van der Waals surface area (Å²) in [4.78, 5) is 20.5. The second-order valence-corrected chi connectivity index (χ2v) is 7.69. The number of amides is 1.